The van der Waals surface area contributed by atoms with Gasteiger partial charge in [-0.05, 0) is 19.8 Å². The van der Waals surface area contributed by atoms with Gasteiger partial charge in [-0.2, -0.15) is 0 Å². The fourth-order valence-corrected chi connectivity index (χ4v) is 5.91. The molecule has 3 saturated carbocycles. The molecule has 0 bridgehead atoms. The van der Waals surface area contributed by atoms with E-state index in [1.165, 1.54) is 180 Å². The summed E-state index contributed by atoms with van der Waals surface area (Å²) in [5.41, 5.74) is 0.00662. The van der Waals surface area contributed by atoms with Crippen LogP contribution in [-0.4, -0.2) is 34.5 Å². The Labute approximate surface area is 249 Å². The first-order valence-corrected chi connectivity index (χ1v) is 17.6. The number of carbonyl (C=O) groups is 1. The van der Waals surface area contributed by atoms with Crippen LogP contribution < -0.4 is 0 Å². The van der Waals surface area contributed by atoms with Gasteiger partial charge >= 0.3 is 5.97 Å². The van der Waals surface area contributed by atoms with E-state index in [1.807, 2.05) is 0 Å². The largest absolute Gasteiger partial charge is 0.478 e. The summed E-state index contributed by atoms with van der Waals surface area (Å²) >= 11 is 0. The van der Waals surface area contributed by atoms with E-state index in [2.05, 4.69) is 6.58 Å². The third kappa shape index (κ3) is 26.1. The molecule has 3 aliphatic rings. The summed E-state index contributed by atoms with van der Waals surface area (Å²) in [6.07, 6.45) is 40.9. The van der Waals surface area contributed by atoms with E-state index in [1.54, 1.807) is 0 Å². The van der Waals surface area contributed by atoms with Crippen LogP contribution in [0.5, 0.6) is 0 Å². The Balaban J connectivity index is 0.000000527. The molecule has 0 unspecified atom stereocenters. The van der Waals surface area contributed by atoms with Crippen molar-refractivity contribution in [3.63, 3.8) is 0 Å². The van der Waals surface area contributed by atoms with E-state index >= 15 is 0 Å². The monoisotopic (exact) mass is 567 g/mol. The van der Waals surface area contributed by atoms with Crippen molar-refractivity contribution in [3.8, 4) is 0 Å². The van der Waals surface area contributed by atoms with Crippen molar-refractivity contribution in [2.45, 2.75) is 193 Å². The molecular weight excluding hydrogens is 496 g/mol. The highest BCUT2D eigenvalue weighted by atomic mass is 16.4. The van der Waals surface area contributed by atoms with Crippen molar-refractivity contribution in [2.24, 2.45) is 5.41 Å². The van der Waals surface area contributed by atoms with Gasteiger partial charge in [-0.1, -0.05) is 180 Å². The topological polar surface area (TPSA) is 77.8 Å². The lowest BCUT2D eigenvalue weighted by molar-refractivity contribution is -0.132. The summed E-state index contributed by atoms with van der Waals surface area (Å²) in [5.74, 6) is -0.935. The number of carboxylic acids is 1. The number of carboxylic acid groups (broad SMARTS) is 1. The summed E-state index contributed by atoms with van der Waals surface area (Å²) < 4.78 is 0. The van der Waals surface area contributed by atoms with Crippen LogP contribution in [0.3, 0.4) is 0 Å². The lowest BCUT2D eigenvalue weighted by Crippen LogP contribution is -2.30. The minimum atomic E-state index is -0.935. The van der Waals surface area contributed by atoms with Gasteiger partial charge in [0, 0.05) is 11.0 Å². The van der Waals surface area contributed by atoms with E-state index in [0.717, 1.165) is 12.8 Å². The molecule has 0 spiro atoms. The van der Waals surface area contributed by atoms with Crippen LogP contribution >= 0.6 is 0 Å². The highest BCUT2D eigenvalue weighted by molar-refractivity contribution is 5.84. The zero-order valence-corrected chi connectivity index (χ0v) is 26.9. The Bertz CT molecular complexity index is 445. The van der Waals surface area contributed by atoms with E-state index < -0.39 is 5.97 Å². The molecule has 4 heteroatoms. The van der Waals surface area contributed by atoms with Gasteiger partial charge in [-0.15, -0.1) is 0 Å². The van der Waals surface area contributed by atoms with Crippen molar-refractivity contribution >= 4 is 5.97 Å². The van der Waals surface area contributed by atoms with E-state index in [0.29, 0.717) is 0 Å². The number of aliphatic hydroxyl groups excluding tert-OH is 2. The van der Waals surface area contributed by atoms with Crippen LogP contribution in [0.1, 0.15) is 193 Å². The van der Waals surface area contributed by atoms with Gasteiger partial charge in [0.15, 0.2) is 0 Å². The Morgan fingerprint density at radius 3 is 0.750 bits per heavy atom. The number of rotatable bonds is 3. The molecule has 0 amide bonds. The maximum atomic E-state index is 9.60. The van der Waals surface area contributed by atoms with E-state index in [4.69, 9.17) is 5.11 Å². The van der Waals surface area contributed by atoms with Gasteiger partial charge in [0.1, 0.15) is 0 Å². The molecule has 40 heavy (non-hydrogen) atoms. The SMILES string of the molecule is C1CCCCCCCCC1.C1CCCCCCCCC1.C=C(C)C(=O)O.OCC1(CO)CCCCCCCCC1. The standard InChI is InChI=1S/C12H24O2.2C10H20.C4H6O2/c13-10-12(11-14)8-6-4-2-1-3-5-7-9-12;2*1-2-4-6-8-10-9-7-5-3-1;1-3(2)4(5)6/h13-14H,1-11H2;2*1-10H2;1H2,2H3,(H,5,6). The highest BCUT2D eigenvalue weighted by Crippen LogP contribution is 2.32. The van der Waals surface area contributed by atoms with Crippen LogP contribution in [0.4, 0.5) is 0 Å². The molecule has 0 heterocycles. The van der Waals surface area contributed by atoms with Gasteiger partial charge in [0.2, 0.25) is 0 Å². The molecule has 238 valence electrons. The number of hydrogen-bond acceptors (Lipinski definition) is 3. The molecule has 0 atom stereocenters. The number of aliphatic carboxylic acids is 1. The summed E-state index contributed by atoms with van der Waals surface area (Å²) in [6, 6.07) is 0. The second-order valence-electron chi connectivity index (χ2n) is 12.9. The molecule has 0 aliphatic heterocycles. The molecule has 4 nitrogen and oxygen atoms in total. The van der Waals surface area contributed by atoms with Crippen molar-refractivity contribution in [2.75, 3.05) is 13.2 Å². The fourth-order valence-electron chi connectivity index (χ4n) is 5.91. The summed E-state index contributed by atoms with van der Waals surface area (Å²) in [4.78, 5) is 9.60. The normalized spacial score (nSPS) is 21.7. The molecule has 3 aliphatic carbocycles. The second kappa shape index (κ2) is 29.6. The molecular formula is C36H70O4. The highest BCUT2D eigenvalue weighted by Gasteiger charge is 2.27. The Morgan fingerprint density at radius 1 is 0.475 bits per heavy atom. The Morgan fingerprint density at radius 2 is 0.625 bits per heavy atom. The predicted molar refractivity (Wildman–Crippen MR) is 173 cm³/mol. The lowest BCUT2D eigenvalue weighted by atomic mass is 9.78. The predicted octanol–water partition coefficient (Wildman–Crippen LogP) is 10.9. The average Bonchev–Trinajstić information content (AvgIpc) is 2.98. The zero-order valence-electron chi connectivity index (χ0n) is 26.9. The van der Waals surface area contributed by atoms with Crippen molar-refractivity contribution in [1.29, 1.82) is 0 Å². The fraction of sp³-hybridized carbons (Fsp3) is 0.917. The van der Waals surface area contributed by atoms with Gasteiger partial charge in [0.25, 0.3) is 0 Å². The first-order valence-electron chi connectivity index (χ1n) is 17.6. The van der Waals surface area contributed by atoms with Gasteiger partial charge in [-0.3, -0.25) is 0 Å². The van der Waals surface area contributed by atoms with E-state index in [-0.39, 0.29) is 24.2 Å². The van der Waals surface area contributed by atoms with Gasteiger partial charge in [0.05, 0.1) is 13.2 Å². The summed E-state index contributed by atoms with van der Waals surface area (Å²) in [5, 5.41) is 26.6. The van der Waals surface area contributed by atoms with Crippen LogP contribution in [0, 0.1) is 5.41 Å². The molecule has 0 radical (unpaired) electrons. The lowest BCUT2D eigenvalue weighted by Gasteiger charge is -2.30. The zero-order chi connectivity index (χ0) is 29.6. The number of aliphatic hydroxyl groups is 2. The molecule has 0 saturated heterocycles. The van der Waals surface area contributed by atoms with Crippen molar-refractivity contribution in [1.82, 2.24) is 0 Å². The Hall–Kier alpha value is -0.870. The molecule has 0 aromatic heterocycles. The third-order valence-corrected chi connectivity index (χ3v) is 8.95. The molecule has 3 N–H and O–H groups in total. The average molecular weight is 567 g/mol. The maximum Gasteiger partial charge on any atom is 0.330 e. The van der Waals surface area contributed by atoms with Crippen LogP contribution in [0.2, 0.25) is 0 Å². The van der Waals surface area contributed by atoms with Gasteiger partial charge in [-0.25, -0.2) is 4.79 Å². The second-order valence-corrected chi connectivity index (χ2v) is 12.9. The van der Waals surface area contributed by atoms with Gasteiger partial charge < -0.3 is 15.3 Å². The smallest absolute Gasteiger partial charge is 0.330 e. The summed E-state index contributed by atoms with van der Waals surface area (Å²) in [7, 11) is 0. The van der Waals surface area contributed by atoms with Crippen molar-refractivity contribution in [3.05, 3.63) is 12.2 Å². The maximum absolute atomic E-state index is 9.60. The quantitative estimate of drug-likeness (QED) is 0.297. The minimum absolute atomic E-state index is 0.156. The summed E-state index contributed by atoms with van der Waals surface area (Å²) in [6.45, 7) is 4.91. The van der Waals surface area contributed by atoms with E-state index in [9.17, 15) is 15.0 Å². The minimum Gasteiger partial charge on any atom is -0.478 e. The molecule has 0 aromatic carbocycles. The first-order chi connectivity index (χ1) is 19.5. The molecule has 3 fully saturated rings. The van der Waals surface area contributed by atoms with Crippen LogP contribution in [-0.2, 0) is 4.79 Å². The molecule has 3 rings (SSSR count). The number of hydrogen-bond donors (Lipinski definition) is 3. The first kappa shape index (κ1) is 39.1. The third-order valence-electron chi connectivity index (χ3n) is 8.95. The Kier molecular flexibility index (Phi) is 29.0. The molecule has 0 aromatic rings. The van der Waals surface area contributed by atoms with Crippen LogP contribution in [0.15, 0.2) is 12.2 Å². The van der Waals surface area contributed by atoms with Crippen molar-refractivity contribution < 1.29 is 20.1 Å². The van der Waals surface area contributed by atoms with Crippen LogP contribution in [0.25, 0.3) is 0 Å².